The Hall–Kier alpha value is -3.09. The fourth-order valence-corrected chi connectivity index (χ4v) is 5.87. The normalized spacial score (nSPS) is 21.4. The number of rotatable bonds is 6. The van der Waals surface area contributed by atoms with E-state index < -0.39 is 0 Å². The highest BCUT2D eigenvalue weighted by Crippen LogP contribution is 2.39. The molecule has 0 bridgehead atoms. The second-order valence-electron chi connectivity index (χ2n) is 9.80. The minimum atomic E-state index is -0.240. The van der Waals surface area contributed by atoms with Crippen molar-refractivity contribution in [1.29, 1.82) is 0 Å². The number of nitrogens with zero attached hydrogens (tertiary/aromatic N) is 3. The van der Waals surface area contributed by atoms with Crippen LogP contribution in [0.1, 0.15) is 68.3 Å². The van der Waals surface area contributed by atoms with Crippen LogP contribution < -0.4 is 15.4 Å². The number of hydrogen-bond donors (Lipinski definition) is 2. The van der Waals surface area contributed by atoms with Crippen molar-refractivity contribution in [2.24, 2.45) is 18.9 Å². The van der Waals surface area contributed by atoms with Crippen LogP contribution in [0.4, 0.5) is 5.95 Å². The molecule has 0 saturated heterocycles. The maximum absolute atomic E-state index is 11.9. The summed E-state index contributed by atoms with van der Waals surface area (Å²) >= 11 is 0. The number of aromatic nitrogens is 3. The van der Waals surface area contributed by atoms with Crippen molar-refractivity contribution in [2.75, 3.05) is 12.4 Å². The first kappa shape index (κ1) is 22.7. The van der Waals surface area contributed by atoms with Crippen molar-refractivity contribution >= 4 is 22.9 Å². The number of fused-ring (bicyclic) bond motifs is 1. The molecule has 1 aromatic carbocycles. The minimum Gasteiger partial charge on any atom is -0.457 e. The van der Waals surface area contributed by atoms with E-state index in [1.54, 1.807) is 25.4 Å². The topological polar surface area (TPSA) is 81.1 Å². The molecule has 180 valence electrons. The van der Waals surface area contributed by atoms with Crippen LogP contribution in [-0.4, -0.2) is 33.5 Å². The quantitative estimate of drug-likeness (QED) is 0.494. The summed E-state index contributed by atoms with van der Waals surface area (Å²) in [5.74, 6) is 3.57. The molecule has 3 aromatic rings. The van der Waals surface area contributed by atoms with Gasteiger partial charge in [-0.25, -0.2) is 4.98 Å². The van der Waals surface area contributed by atoms with E-state index in [0.29, 0.717) is 23.2 Å². The van der Waals surface area contributed by atoms with Gasteiger partial charge in [-0.05, 0) is 42.9 Å². The standard InChI is InChI=1S/C27H35N5O2/c1-28-26(33)24-17-20(14-15-29-24)34-19-12-13-25-23(16-19)31-27(32(25)2)30-22-11-7-6-10-21(22)18-8-4-3-5-9-18/h12-18,21-22H,3-11H2,1-2H3,(H,28,33)(H,30,31)/t21-,22?/m1/s1. The molecular formula is C27H35N5O2. The molecule has 1 amide bonds. The third-order valence-electron chi connectivity index (χ3n) is 7.67. The molecule has 2 aromatic heterocycles. The molecular weight excluding hydrogens is 426 g/mol. The number of amides is 1. The number of hydrogen-bond acceptors (Lipinski definition) is 5. The number of carbonyl (C=O) groups is 1. The van der Waals surface area contributed by atoms with Crippen molar-refractivity contribution < 1.29 is 9.53 Å². The van der Waals surface area contributed by atoms with Gasteiger partial charge in [-0.1, -0.05) is 44.9 Å². The third kappa shape index (κ3) is 4.74. The van der Waals surface area contributed by atoms with Gasteiger partial charge in [-0.3, -0.25) is 9.78 Å². The van der Waals surface area contributed by atoms with Crippen LogP contribution in [-0.2, 0) is 7.05 Å². The van der Waals surface area contributed by atoms with Crippen molar-refractivity contribution in [3.8, 4) is 11.5 Å². The number of ether oxygens (including phenoxy) is 1. The monoisotopic (exact) mass is 461 g/mol. The van der Waals surface area contributed by atoms with Crippen molar-refractivity contribution in [3.05, 3.63) is 42.2 Å². The summed E-state index contributed by atoms with van der Waals surface area (Å²) in [6, 6.07) is 9.84. The van der Waals surface area contributed by atoms with Crippen LogP contribution in [0.25, 0.3) is 11.0 Å². The molecule has 0 spiro atoms. The SMILES string of the molecule is CNC(=O)c1cc(Oc2ccc3c(c2)nc(NC2CCCC[C@@H]2C2CCCCC2)n3C)ccn1. The Morgan fingerprint density at radius 2 is 1.76 bits per heavy atom. The van der Waals surface area contributed by atoms with Gasteiger partial charge in [0.05, 0.1) is 11.0 Å². The number of imidazole rings is 1. The molecule has 1 unspecified atom stereocenters. The average Bonchev–Trinajstić information content (AvgIpc) is 3.18. The Morgan fingerprint density at radius 1 is 1.00 bits per heavy atom. The minimum absolute atomic E-state index is 0.240. The lowest BCUT2D eigenvalue weighted by atomic mass is 9.71. The van der Waals surface area contributed by atoms with Gasteiger partial charge in [0.25, 0.3) is 5.91 Å². The molecule has 2 aliphatic rings. The van der Waals surface area contributed by atoms with Gasteiger partial charge in [0.2, 0.25) is 5.95 Å². The van der Waals surface area contributed by atoms with Gasteiger partial charge in [-0.2, -0.15) is 0 Å². The molecule has 5 rings (SSSR count). The van der Waals surface area contributed by atoms with E-state index >= 15 is 0 Å². The Morgan fingerprint density at radius 3 is 2.59 bits per heavy atom. The lowest BCUT2D eigenvalue weighted by molar-refractivity contribution is 0.0958. The molecule has 0 radical (unpaired) electrons. The second-order valence-corrected chi connectivity index (χ2v) is 9.80. The molecule has 2 fully saturated rings. The second kappa shape index (κ2) is 10.0. The highest BCUT2D eigenvalue weighted by atomic mass is 16.5. The molecule has 2 N–H and O–H groups in total. The Balaban J connectivity index is 1.34. The zero-order valence-corrected chi connectivity index (χ0v) is 20.2. The molecule has 2 aliphatic carbocycles. The van der Waals surface area contributed by atoms with Crippen LogP contribution in [0.5, 0.6) is 11.5 Å². The lowest BCUT2D eigenvalue weighted by Gasteiger charge is -2.39. The van der Waals surface area contributed by atoms with Crippen molar-refractivity contribution in [3.63, 3.8) is 0 Å². The Labute approximate surface area is 201 Å². The summed E-state index contributed by atoms with van der Waals surface area (Å²) in [7, 11) is 3.66. The third-order valence-corrected chi connectivity index (χ3v) is 7.67. The van der Waals surface area contributed by atoms with Gasteiger partial charge in [0, 0.05) is 38.5 Å². The highest BCUT2D eigenvalue weighted by molar-refractivity contribution is 5.92. The predicted molar refractivity (Wildman–Crippen MR) is 134 cm³/mol. The smallest absolute Gasteiger partial charge is 0.269 e. The summed E-state index contributed by atoms with van der Waals surface area (Å²) in [6.07, 6.45) is 13.8. The summed E-state index contributed by atoms with van der Waals surface area (Å²) in [6.45, 7) is 0. The van der Waals surface area contributed by atoms with Crippen LogP contribution in [0.2, 0.25) is 0 Å². The summed E-state index contributed by atoms with van der Waals surface area (Å²) in [4.78, 5) is 20.9. The maximum atomic E-state index is 11.9. The highest BCUT2D eigenvalue weighted by Gasteiger charge is 2.33. The molecule has 34 heavy (non-hydrogen) atoms. The lowest BCUT2D eigenvalue weighted by Crippen LogP contribution is -2.38. The van der Waals surface area contributed by atoms with E-state index in [4.69, 9.17) is 9.72 Å². The summed E-state index contributed by atoms with van der Waals surface area (Å²) in [5.41, 5.74) is 2.29. The molecule has 0 aliphatic heterocycles. The molecule has 2 heterocycles. The van der Waals surface area contributed by atoms with Gasteiger partial charge < -0.3 is 19.9 Å². The fourth-order valence-electron chi connectivity index (χ4n) is 5.87. The largest absolute Gasteiger partial charge is 0.457 e. The van der Waals surface area contributed by atoms with Gasteiger partial charge >= 0.3 is 0 Å². The predicted octanol–water partition coefficient (Wildman–Crippen LogP) is 5.67. The Bertz CT molecular complexity index is 1150. The summed E-state index contributed by atoms with van der Waals surface area (Å²) < 4.78 is 8.18. The van der Waals surface area contributed by atoms with E-state index in [9.17, 15) is 4.79 Å². The number of carbonyl (C=O) groups excluding carboxylic acids is 1. The van der Waals surface area contributed by atoms with Gasteiger partial charge in [0.1, 0.15) is 17.2 Å². The first-order valence-corrected chi connectivity index (χ1v) is 12.7. The van der Waals surface area contributed by atoms with E-state index in [0.717, 1.165) is 28.8 Å². The van der Waals surface area contributed by atoms with E-state index in [1.807, 2.05) is 18.2 Å². The van der Waals surface area contributed by atoms with E-state index in [1.165, 1.54) is 57.8 Å². The van der Waals surface area contributed by atoms with Gasteiger partial charge in [0.15, 0.2) is 0 Å². The zero-order valence-electron chi connectivity index (χ0n) is 20.2. The van der Waals surface area contributed by atoms with Crippen molar-refractivity contribution in [1.82, 2.24) is 19.9 Å². The van der Waals surface area contributed by atoms with Crippen molar-refractivity contribution in [2.45, 2.75) is 63.8 Å². The van der Waals surface area contributed by atoms with Crippen LogP contribution in [0.15, 0.2) is 36.5 Å². The first-order chi connectivity index (χ1) is 16.6. The Kier molecular flexibility index (Phi) is 6.70. The molecule has 2 saturated carbocycles. The molecule has 2 atom stereocenters. The summed E-state index contributed by atoms with van der Waals surface area (Å²) in [5, 5.41) is 6.43. The van der Waals surface area contributed by atoms with Crippen LogP contribution >= 0.6 is 0 Å². The number of benzene rings is 1. The van der Waals surface area contributed by atoms with E-state index in [-0.39, 0.29) is 5.91 Å². The fraction of sp³-hybridized carbons (Fsp3) is 0.519. The molecule has 7 nitrogen and oxygen atoms in total. The van der Waals surface area contributed by atoms with Gasteiger partial charge in [-0.15, -0.1) is 0 Å². The van der Waals surface area contributed by atoms with E-state index in [2.05, 4.69) is 27.2 Å². The van der Waals surface area contributed by atoms with Crippen LogP contribution in [0.3, 0.4) is 0 Å². The number of aryl methyl sites for hydroxylation is 1. The molecule has 7 heteroatoms. The number of nitrogens with one attached hydrogen (secondary N) is 2. The zero-order chi connectivity index (χ0) is 23.5. The average molecular weight is 462 g/mol. The first-order valence-electron chi connectivity index (χ1n) is 12.7. The number of anilines is 1. The number of pyridine rings is 1. The van der Waals surface area contributed by atoms with Crippen LogP contribution in [0, 0.1) is 11.8 Å². The maximum Gasteiger partial charge on any atom is 0.269 e.